The number of para-hydroxylation sites is 2. The number of benzene rings is 2. The minimum Gasteiger partial charge on any atom is -0.462 e. The van der Waals surface area contributed by atoms with Gasteiger partial charge in [0.2, 0.25) is 5.95 Å². The summed E-state index contributed by atoms with van der Waals surface area (Å²) < 4.78 is 6.77. The molecule has 0 radical (unpaired) electrons. The number of aromatic nitrogens is 5. The number of esters is 1. The van der Waals surface area contributed by atoms with Gasteiger partial charge < -0.3 is 20.8 Å². The van der Waals surface area contributed by atoms with E-state index in [9.17, 15) is 4.79 Å². The number of imidazole rings is 1. The van der Waals surface area contributed by atoms with Crippen molar-refractivity contribution >= 4 is 40.0 Å². The number of carbonyl (C=O) groups excluding carboxylic acids is 1. The molecule has 5 rings (SSSR count). The first kappa shape index (κ1) is 18.6. The van der Waals surface area contributed by atoms with Crippen LogP contribution in [-0.4, -0.2) is 37.1 Å². The first-order chi connectivity index (χ1) is 15.1. The topological polar surface area (TPSA) is 123 Å². The highest BCUT2D eigenvalue weighted by Crippen LogP contribution is 2.33. The Labute approximate surface area is 176 Å². The van der Waals surface area contributed by atoms with Crippen LogP contribution in [0.1, 0.15) is 17.3 Å². The molecular weight excluding hydrogens is 394 g/mol. The maximum absolute atomic E-state index is 12.6. The number of hydrogen-bond donors (Lipinski definition) is 3. The molecular formula is C22H19N7O2. The monoisotopic (exact) mass is 413 g/mol. The summed E-state index contributed by atoms with van der Waals surface area (Å²) in [6.45, 7) is 2.03. The lowest BCUT2D eigenvalue weighted by Gasteiger charge is -2.08. The van der Waals surface area contributed by atoms with Gasteiger partial charge in [0, 0.05) is 17.4 Å². The van der Waals surface area contributed by atoms with Crippen LogP contribution in [-0.2, 0) is 4.74 Å². The zero-order chi connectivity index (χ0) is 21.4. The lowest BCUT2D eigenvalue weighted by Crippen LogP contribution is -2.04. The first-order valence-corrected chi connectivity index (χ1v) is 9.75. The minimum atomic E-state index is -0.438. The normalized spacial score (nSPS) is 11.1. The third kappa shape index (κ3) is 3.31. The van der Waals surface area contributed by atoms with Crippen molar-refractivity contribution in [3.8, 4) is 11.1 Å². The number of nitrogens with two attached hydrogens (primary N) is 1. The Morgan fingerprint density at radius 1 is 1.19 bits per heavy atom. The summed E-state index contributed by atoms with van der Waals surface area (Å²) in [5.74, 6) is 0.491. The van der Waals surface area contributed by atoms with Crippen molar-refractivity contribution in [1.29, 1.82) is 0 Å². The summed E-state index contributed by atoms with van der Waals surface area (Å²) in [4.78, 5) is 24.4. The predicted molar refractivity (Wildman–Crippen MR) is 118 cm³/mol. The number of nitrogens with zero attached hydrogens (tertiary/aromatic N) is 4. The Balaban J connectivity index is 1.53. The van der Waals surface area contributed by atoms with E-state index in [1.54, 1.807) is 17.6 Å². The van der Waals surface area contributed by atoms with E-state index in [-0.39, 0.29) is 12.4 Å². The van der Waals surface area contributed by atoms with Crippen LogP contribution in [0.2, 0.25) is 0 Å². The zero-order valence-corrected chi connectivity index (χ0v) is 16.7. The Morgan fingerprint density at radius 3 is 2.77 bits per heavy atom. The van der Waals surface area contributed by atoms with Gasteiger partial charge in [0.1, 0.15) is 11.8 Å². The van der Waals surface area contributed by atoms with E-state index in [1.807, 2.05) is 48.5 Å². The summed E-state index contributed by atoms with van der Waals surface area (Å²) >= 11 is 0. The van der Waals surface area contributed by atoms with Gasteiger partial charge in [-0.2, -0.15) is 5.10 Å². The standard InChI is InChI=1S/C22H19N7O2/c1-2-31-21(30)15-11-29-19(20(23)24-12-25-29)18(15)13-7-9-14(10-8-13)26-22-27-16-5-3-4-6-17(16)28-22/h3-12H,2H2,1H3,(H2,23,24,25)(H2,26,27,28). The maximum atomic E-state index is 12.6. The summed E-state index contributed by atoms with van der Waals surface area (Å²) in [5.41, 5.74) is 11.1. The second kappa shape index (κ2) is 7.45. The van der Waals surface area contributed by atoms with Crippen molar-refractivity contribution < 1.29 is 9.53 Å². The van der Waals surface area contributed by atoms with E-state index in [2.05, 4.69) is 25.4 Å². The molecule has 3 aromatic heterocycles. The molecule has 4 N–H and O–H groups in total. The van der Waals surface area contributed by atoms with Crippen LogP contribution in [0.25, 0.3) is 27.7 Å². The summed E-state index contributed by atoms with van der Waals surface area (Å²) in [6, 6.07) is 15.4. The zero-order valence-electron chi connectivity index (χ0n) is 16.7. The van der Waals surface area contributed by atoms with Crippen molar-refractivity contribution in [1.82, 2.24) is 24.6 Å². The molecule has 3 heterocycles. The molecule has 0 bridgehead atoms. The first-order valence-electron chi connectivity index (χ1n) is 9.75. The van der Waals surface area contributed by atoms with E-state index >= 15 is 0 Å². The second-order valence-electron chi connectivity index (χ2n) is 6.88. The van der Waals surface area contributed by atoms with Gasteiger partial charge in [0.05, 0.1) is 23.2 Å². The van der Waals surface area contributed by atoms with E-state index < -0.39 is 5.97 Å². The highest BCUT2D eigenvalue weighted by atomic mass is 16.5. The lowest BCUT2D eigenvalue weighted by molar-refractivity contribution is 0.0527. The van der Waals surface area contributed by atoms with Crippen molar-refractivity contribution in [3.05, 3.63) is 66.6 Å². The molecule has 0 unspecified atom stereocenters. The average Bonchev–Trinajstić information content (AvgIpc) is 3.36. The molecule has 31 heavy (non-hydrogen) atoms. The fraction of sp³-hybridized carbons (Fsp3) is 0.0909. The number of fused-ring (bicyclic) bond motifs is 2. The van der Waals surface area contributed by atoms with Gasteiger partial charge in [-0.1, -0.05) is 24.3 Å². The van der Waals surface area contributed by atoms with Crippen molar-refractivity contribution in [2.24, 2.45) is 0 Å². The quantitative estimate of drug-likeness (QED) is 0.375. The van der Waals surface area contributed by atoms with E-state index in [4.69, 9.17) is 10.5 Å². The molecule has 2 aromatic carbocycles. The molecule has 0 fully saturated rings. The Bertz CT molecular complexity index is 1370. The van der Waals surface area contributed by atoms with Crippen molar-refractivity contribution in [3.63, 3.8) is 0 Å². The molecule has 5 aromatic rings. The minimum absolute atomic E-state index is 0.270. The maximum Gasteiger partial charge on any atom is 0.340 e. The molecule has 154 valence electrons. The van der Waals surface area contributed by atoms with E-state index in [0.717, 1.165) is 22.3 Å². The molecule has 0 aliphatic rings. The third-order valence-electron chi connectivity index (χ3n) is 4.92. The fourth-order valence-corrected chi connectivity index (χ4v) is 3.56. The smallest absolute Gasteiger partial charge is 0.340 e. The van der Waals surface area contributed by atoms with E-state index in [0.29, 0.717) is 22.6 Å². The summed E-state index contributed by atoms with van der Waals surface area (Å²) in [7, 11) is 0. The number of anilines is 3. The van der Waals surface area contributed by atoms with Crippen molar-refractivity contribution in [2.75, 3.05) is 17.7 Å². The van der Waals surface area contributed by atoms with Gasteiger partial charge in [-0.15, -0.1) is 0 Å². The van der Waals surface area contributed by atoms with Gasteiger partial charge >= 0.3 is 5.97 Å². The largest absolute Gasteiger partial charge is 0.462 e. The van der Waals surface area contributed by atoms with Crippen LogP contribution in [0, 0.1) is 0 Å². The second-order valence-corrected chi connectivity index (χ2v) is 6.88. The molecule has 0 saturated heterocycles. The van der Waals surface area contributed by atoms with E-state index in [1.165, 1.54) is 6.33 Å². The molecule has 9 heteroatoms. The van der Waals surface area contributed by atoms with Crippen LogP contribution in [0.15, 0.2) is 61.1 Å². The molecule has 0 spiro atoms. The molecule has 0 saturated carbocycles. The number of nitrogen functional groups attached to an aromatic ring is 1. The highest BCUT2D eigenvalue weighted by Gasteiger charge is 2.22. The molecule has 9 nitrogen and oxygen atoms in total. The van der Waals surface area contributed by atoms with Gasteiger partial charge in [-0.3, -0.25) is 0 Å². The van der Waals surface area contributed by atoms with Gasteiger partial charge in [0.25, 0.3) is 0 Å². The van der Waals surface area contributed by atoms with Crippen LogP contribution in [0.5, 0.6) is 0 Å². The predicted octanol–water partition coefficient (Wildman–Crippen LogP) is 3.78. The Kier molecular flexibility index (Phi) is 4.47. The highest BCUT2D eigenvalue weighted by molar-refractivity contribution is 6.04. The Hall–Kier alpha value is -4.40. The number of aromatic amines is 1. The molecule has 0 atom stereocenters. The van der Waals surface area contributed by atoms with Gasteiger partial charge in [-0.25, -0.2) is 19.3 Å². The number of nitrogens with one attached hydrogen (secondary N) is 2. The fourth-order valence-electron chi connectivity index (χ4n) is 3.56. The van der Waals surface area contributed by atoms with Gasteiger partial charge in [0.15, 0.2) is 5.82 Å². The lowest BCUT2D eigenvalue weighted by atomic mass is 10.0. The van der Waals surface area contributed by atoms with Crippen LogP contribution in [0.4, 0.5) is 17.5 Å². The van der Waals surface area contributed by atoms with Gasteiger partial charge in [-0.05, 0) is 36.8 Å². The average molecular weight is 413 g/mol. The number of ether oxygens (including phenoxy) is 1. The number of H-pyrrole nitrogens is 1. The number of rotatable bonds is 5. The molecule has 0 aliphatic heterocycles. The molecule has 0 amide bonds. The number of carbonyl (C=O) groups is 1. The van der Waals surface area contributed by atoms with Crippen LogP contribution >= 0.6 is 0 Å². The molecule has 0 aliphatic carbocycles. The SMILES string of the molecule is CCOC(=O)c1cn2ncnc(N)c2c1-c1ccc(Nc2nc3ccccc3[nH]2)cc1. The Morgan fingerprint density at radius 2 is 2.00 bits per heavy atom. The summed E-state index contributed by atoms with van der Waals surface area (Å²) in [6.07, 6.45) is 2.96. The number of hydrogen-bond acceptors (Lipinski definition) is 7. The summed E-state index contributed by atoms with van der Waals surface area (Å²) in [5, 5.41) is 7.44. The van der Waals surface area contributed by atoms with Crippen LogP contribution in [0.3, 0.4) is 0 Å². The van der Waals surface area contributed by atoms with Crippen molar-refractivity contribution in [2.45, 2.75) is 6.92 Å². The third-order valence-corrected chi connectivity index (χ3v) is 4.92. The van der Waals surface area contributed by atoms with Crippen LogP contribution < -0.4 is 11.1 Å².